The number of piperidine rings is 1. The van der Waals surface area contributed by atoms with E-state index in [1.165, 1.54) is 24.3 Å². The molecule has 0 aromatic heterocycles. The summed E-state index contributed by atoms with van der Waals surface area (Å²) >= 11 is 0. The van der Waals surface area contributed by atoms with E-state index in [0.717, 1.165) is 25.9 Å². The number of hydrogen-bond donors (Lipinski definition) is 3. The molecule has 0 unspecified atom stereocenters. The van der Waals surface area contributed by atoms with E-state index in [9.17, 15) is 13.2 Å². The number of carbonyl (C=O) groups excluding carboxylic acids is 1. The molecule has 0 radical (unpaired) electrons. The number of hydrogen-bond acceptors (Lipinski definition) is 5. The second kappa shape index (κ2) is 9.18. The molecule has 1 saturated heterocycles. The Morgan fingerprint density at radius 3 is 2.04 bits per heavy atom. The molecule has 3 rings (SSSR count). The number of nitrogens with one attached hydrogen (secondary N) is 2. The molecule has 0 bridgehead atoms. The van der Waals surface area contributed by atoms with E-state index in [2.05, 4.69) is 10.6 Å². The van der Waals surface area contributed by atoms with Gasteiger partial charge in [-0.3, -0.25) is 4.79 Å². The van der Waals surface area contributed by atoms with Crippen LogP contribution < -0.4 is 20.5 Å². The summed E-state index contributed by atoms with van der Waals surface area (Å²) < 4.78 is 28.1. The molecular weight excluding hydrogens is 390 g/mol. The van der Waals surface area contributed by atoms with E-state index in [4.69, 9.17) is 9.88 Å². The van der Waals surface area contributed by atoms with Crippen LogP contribution in [0.2, 0.25) is 0 Å². The van der Waals surface area contributed by atoms with Crippen molar-refractivity contribution >= 4 is 34.0 Å². The second-order valence-electron chi connectivity index (χ2n) is 6.16. The first-order valence-electron chi connectivity index (χ1n) is 8.34. The van der Waals surface area contributed by atoms with Gasteiger partial charge < -0.3 is 15.4 Å². The third kappa shape index (κ3) is 5.93. The molecule has 1 fully saturated rings. The van der Waals surface area contributed by atoms with Crippen LogP contribution in [0.1, 0.15) is 12.8 Å². The Morgan fingerprint density at radius 1 is 1.00 bits per heavy atom. The predicted octanol–water partition coefficient (Wildman–Crippen LogP) is 2.49. The van der Waals surface area contributed by atoms with Crippen LogP contribution >= 0.6 is 12.4 Å². The molecule has 146 valence electrons. The molecule has 0 aliphatic carbocycles. The van der Waals surface area contributed by atoms with E-state index in [0.29, 0.717) is 17.2 Å². The highest BCUT2D eigenvalue weighted by Gasteiger charge is 2.20. The Bertz CT molecular complexity index is 864. The van der Waals surface area contributed by atoms with Gasteiger partial charge in [0, 0.05) is 11.6 Å². The summed E-state index contributed by atoms with van der Waals surface area (Å²) in [5.41, 5.74) is 0.713. The first kappa shape index (κ1) is 21.2. The minimum Gasteiger partial charge on any atom is -0.457 e. The van der Waals surface area contributed by atoms with Gasteiger partial charge in [0.15, 0.2) is 0 Å². The largest absolute Gasteiger partial charge is 0.457 e. The van der Waals surface area contributed by atoms with Crippen LogP contribution in [0.4, 0.5) is 5.69 Å². The average molecular weight is 412 g/mol. The zero-order valence-corrected chi connectivity index (χ0v) is 16.2. The average Bonchev–Trinajstić information content (AvgIpc) is 2.64. The van der Waals surface area contributed by atoms with Gasteiger partial charge in [-0.2, -0.15) is 0 Å². The monoisotopic (exact) mass is 411 g/mol. The van der Waals surface area contributed by atoms with Gasteiger partial charge in [0.2, 0.25) is 15.9 Å². The number of benzene rings is 2. The maximum Gasteiger partial charge on any atom is 0.238 e. The maximum atomic E-state index is 12.2. The summed E-state index contributed by atoms with van der Waals surface area (Å²) in [6.07, 6.45) is 1.70. The SMILES string of the molecule is Cl.NS(=O)(=O)c1ccc(Oc2ccc(NC(=O)C3CCNCC3)cc2)cc1. The number of rotatable bonds is 5. The number of sulfonamides is 1. The number of anilines is 1. The van der Waals surface area contributed by atoms with Crippen molar-refractivity contribution < 1.29 is 17.9 Å². The Labute approximate surface area is 164 Å². The van der Waals surface area contributed by atoms with Crippen LogP contribution in [-0.4, -0.2) is 27.4 Å². The number of amides is 1. The number of halogens is 1. The molecule has 0 saturated carbocycles. The zero-order valence-electron chi connectivity index (χ0n) is 14.6. The quantitative estimate of drug-likeness (QED) is 0.700. The van der Waals surface area contributed by atoms with E-state index in [1.807, 2.05) is 0 Å². The topological polar surface area (TPSA) is 111 Å². The Balaban J connectivity index is 0.00000261. The van der Waals surface area contributed by atoms with Gasteiger partial charge in [0.25, 0.3) is 0 Å². The minimum absolute atomic E-state index is 0. The van der Waals surface area contributed by atoms with Crippen LogP contribution in [0, 0.1) is 5.92 Å². The molecule has 0 spiro atoms. The lowest BCUT2D eigenvalue weighted by Crippen LogP contribution is -2.34. The lowest BCUT2D eigenvalue weighted by molar-refractivity contribution is -0.120. The van der Waals surface area contributed by atoms with Gasteiger partial charge in [0.1, 0.15) is 11.5 Å². The molecule has 9 heteroatoms. The Morgan fingerprint density at radius 2 is 1.52 bits per heavy atom. The van der Waals surface area contributed by atoms with Crippen LogP contribution in [-0.2, 0) is 14.8 Å². The van der Waals surface area contributed by atoms with Crippen LogP contribution in [0.3, 0.4) is 0 Å². The van der Waals surface area contributed by atoms with E-state index >= 15 is 0 Å². The summed E-state index contributed by atoms with van der Waals surface area (Å²) in [6, 6.07) is 12.9. The van der Waals surface area contributed by atoms with Crippen molar-refractivity contribution in [3.8, 4) is 11.5 Å². The first-order valence-corrected chi connectivity index (χ1v) is 9.89. The van der Waals surface area contributed by atoms with Crippen molar-refractivity contribution in [3.63, 3.8) is 0 Å². The standard InChI is InChI=1S/C18H21N3O4S.ClH/c19-26(23,24)17-7-5-16(6-8-17)25-15-3-1-14(2-4-15)21-18(22)13-9-11-20-12-10-13;/h1-8,13,20H,9-12H2,(H,21,22)(H2,19,23,24);1H. The van der Waals surface area contributed by atoms with E-state index in [-0.39, 0.29) is 29.1 Å². The molecule has 0 atom stereocenters. The number of primary sulfonamides is 1. The van der Waals surface area contributed by atoms with Gasteiger partial charge in [-0.25, -0.2) is 13.6 Å². The highest BCUT2D eigenvalue weighted by Crippen LogP contribution is 2.24. The normalized spacial score (nSPS) is 14.9. The molecule has 1 heterocycles. The smallest absolute Gasteiger partial charge is 0.238 e. The Kier molecular flexibility index (Phi) is 7.20. The lowest BCUT2D eigenvalue weighted by Gasteiger charge is -2.21. The van der Waals surface area contributed by atoms with Crippen molar-refractivity contribution in [1.29, 1.82) is 0 Å². The molecule has 2 aromatic carbocycles. The Hall–Kier alpha value is -2.13. The molecule has 1 amide bonds. The maximum absolute atomic E-state index is 12.2. The summed E-state index contributed by atoms with van der Waals surface area (Å²) in [4.78, 5) is 12.3. The predicted molar refractivity (Wildman–Crippen MR) is 106 cm³/mol. The third-order valence-electron chi connectivity index (χ3n) is 4.22. The van der Waals surface area contributed by atoms with Crippen LogP contribution in [0.5, 0.6) is 11.5 Å². The minimum atomic E-state index is -3.72. The van der Waals surface area contributed by atoms with Gasteiger partial charge >= 0.3 is 0 Å². The molecule has 4 N–H and O–H groups in total. The van der Waals surface area contributed by atoms with Gasteiger partial charge in [0.05, 0.1) is 4.90 Å². The van der Waals surface area contributed by atoms with Crippen LogP contribution in [0.25, 0.3) is 0 Å². The van der Waals surface area contributed by atoms with Gasteiger partial charge in [-0.15, -0.1) is 12.4 Å². The van der Waals surface area contributed by atoms with Crippen molar-refractivity contribution in [2.75, 3.05) is 18.4 Å². The fraction of sp³-hybridized carbons (Fsp3) is 0.278. The molecule has 1 aliphatic rings. The molecule has 1 aliphatic heterocycles. The lowest BCUT2D eigenvalue weighted by atomic mass is 9.97. The fourth-order valence-corrected chi connectivity index (χ4v) is 3.28. The molecule has 7 nitrogen and oxygen atoms in total. The third-order valence-corrected chi connectivity index (χ3v) is 5.15. The summed E-state index contributed by atoms with van der Waals surface area (Å²) in [6.45, 7) is 1.74. The number of ether oxygens (including phenoxy) is 1. The summed E-state index contributed by atoms with van der Waals surface area (Å²) in [5, 5.41) is 11.2. The van der Waals surface area contributed by atoms with Gasteiger partial charge in [-0.05, 0) is 74.5 Å². The van der Waals surface area contributed by atoms with Crippen molar-refractivity contribution in [2.24, 2.45) is 11.1 Å². The highest BCUT2D eigenvalue weighted by atomic mass is 35.5. The fourth-order valence-electron chi connectivity index (χ4n) is 2.77. The van der Waals surface area contributed by atoms with Crippen molar-refractivity contribution in [1.82, 2.24) is 5.32 Å². The van der Waals surface area contributed by atoms with E-state index in [1.54, 1.807) is 24.3 Å². The molecule has 2 aromatic rings. The first-order chi connectivity index (χ1) is 12.4. The van der Waals surface area contributed by atoms with Crippen molar-refractivity contribution in [3.05, 3.63) is 48.5 Å². The van der Waals surface area contributed by atoms with E-state index < -0.39 is 10.0 Å². The molecular formula is C18H22ClN3O4S. The zero-order chi connectivity index (χ0) is 18.6. The van der Waals surface area contributed by atoms with Gasteiger partial charge in [-0.1, -0.05) is 0 Å². The summed E-state index contributed by atoms with van der Waals surface area (Å²) in [7, 11) is -3.72. The van der Waals surface area contributed by atoms with Crippen molar-refractivity contribution in [2.45, 2.75) is 17.7 Å². The summed E-state index contributed by atoms with van der Waals surface area (Å²) in [5.74, 6) is 1.15. The van der Waals surface area contributed by atoms with Crippen LogP contribution in [0.15, 0.2) is 53.4 Å². The highest BCUT2D eigenvalue weighted by molar-refractivity contribution is 7.89. The second-order valence-corrected chi connectivity index (χ2v) is 7.72. The molecule has 27 heavy (non-hydrogen) atoms. The number of carbonyl (C=O) groups is 1. The number of nitrogens with two attached hydrogens (primary N) is 1.